The SMILES string of the molecule is CCOC(=O)N1CCN(c2ccc(NC(=O)c3nnc(Nc4ccccc4F)o3)cc2)CC1. The molecule has 1 aliphatic heterocycles. The Morgan fingerprint density at radius 3 is 2.48 bits per heavy atom. The summed E-state index contributed by atoms with van der Waals surface area (Å²) in [6.07, 6.45) is -0.288. The van der Waals surface area contributed by atoms with Gasteiger partial charge >= 0.3 is 23.9 Å². The molecule has 2 aromatic carbocycles. The first-order valence-electron chi connectivity index (χ1n) is 10.5. The fraction of sp³-hybridized carbons (Fsp3) is 0.273. The number of aromatic nitrogens is 2. The van der Waals surface area contributed by atoms with Crippen LogP contribution in [0.3, 0.4) is 0 Å². The largest absolute Gasteiger partial charge is 0.450 e. The van der Waals surface area contributed by atoms with Crippen LogP contribution in [0.2, 0.25) is 0 Å². The molecule has 11 heteroatoms. The quantitative estimate of drug-likeness (QED) is 0.582. The van der Waals surface area contributed by atoms with Gasteiger partial charge in [0.2, 0.25) is 0 Å². The molecule has 2 heterocycles. The molecule has 1 aliphatic rings. The van der Waals surface area contributed by atoms with Gasteiger partial charge in [-0.25, -0.2) is 9.18 Å². The van der Waals surface area contributed by atoms with Crippen molar-refractivity contribution >= 4 is 35.1 Å². The third-order valence-corrected chi connectivity index (χ3v) is 5.03. The number of hydrogen-bond donors (Lipinski definition) is 2. The van der Waals surface area contributed by atoms with Crippen molar-refractivity contribution < 1.29 is 23.1 Å². The van der Waals surface area contributed by atoms with Crippen molar-refractivity contribution in [2.24, 2.45) is 0 Å². The number of rotatable bonds is 6. The van der Waals surface area contributed by atoms with Crippen LogP contribution in [0.4, 0.5) is 32.3 Å². The van der Waals surface area contributed by atoms with Crippen molar-refractivity contribution in [2.45, 2.75) is 6.92 Å². The average Bonchev–Trinajstić information content (AvgIpc) is 3.30. The second-order valence-corrected chi connectivity index (χ2v) is 7.19. The van der Waals surface area contributed by atoms with Gasteiger partial charge < -0.3 is 29.6 Å². The number of para-hydroxylation sites is 1. The third-order valence-electron chi connectivity index (χ3n) is 5.03. The third kappa shape index (κ3) is 5.37. The summed E-state index contributed by atoms with van der Waals surface area (Å²) >= 11 is 0. The zero-order chi connectivity index (χ0) is 23.2. The zero-order valence-electron chi connectivity index (χ0n) is 18.0. The maximum Gasteiger partial charge on any atom is 0.409 e. The number of piperazine rings is 1. The zero-order valence-corrected chi connectivity index (χ0v) is 18.0. The van der Waals surface area contributed by atoms with Crippen LogP contribution in [0, 0.1) is 5.82 Å². The molecule has 2 amide bonds. The van der Waals surface area contributed by atoms with E-state index in [2.05, 4.69) is 25.7 Å². The van der Waals surface area contributed by atoms with Crippen molar-refractivity contribution in [3.63, 3.8) is 0 Å². The molecule has 1 aromatic heterocycles. The maximum absolute atomic E-state index is 13.7. The number of amides is 2. The highest BCUT2D eigenvalue weighted by atomic mass is 19.1. The van der Waals surface area contributed by atoms with E-state index in [0.29, 0.717) is 38.5 Å². The second-order valence-electron chi connectivity index (χ2n) is 7.19. The summed E-state index contributed by atoms with van der Waals surface area (Å²) in [4.78, 5) is 28.1. The van der Waals surface area contributed by atoms with E-state index in [1.54, 1.807) is 36.1 Å². The predicted octanol–water partition coefficient (Wildman–Crippen LogP) is 3.48. The summed E-state index contributed by atoms with van der Waals surface area (Å²) in [6.45, 7) is 4.68. The minimum absolute atomic E-state index is 0.0949. The van der Waals surface area contributed by atoms with Crippen LogP contribution in [0.15, 0.2) is 52.9 Å². The first-order valence-corrected chi connectivity index (χ1v) is 10.5. The molecule has 2 N–H and O–H groups in total. The molecule has 10 nitrogen and oxygen atoms in total. The Labute approximate surface area is 189 Å². The van der Waals surface area contributed by atoms with E-state index >= 15 is 0 Å². The molecular formula is C22H23FN6O4. The summed E-state index contributed by atoms with van der Waals surface area (Å²) in [5, 5.41) is 12.7. The number of carbonyl (C=O) groups is 2. The summed E-state index contributed by atoms with van der Waals surface area (Å²) < 4.78 is 24.0. The Morgan fingerprint density at radius 2 is 1.79 bits per heavy atom. The highest BCUT2D eigenvalue weighted by Gasteiger charge is 2.22. The van der Waals surface area contributed by atoms with Crippen LogP contribution in [0.1, 0.15) is 17.6 Å². The summed E-state index contributed by atoms with van der Waals surface area (Å²) in [6, 6.07) is 13.2. The number of halogens is 1. The van der Waals surface area contributed by atoms with Crippen molar-refractivity contribution in [3.05, 3.63) is 60.2 Å². The molecule has 1 saturated heterocycles. The molecule has 172 valence electrons. The van der Waals surface area contributed by atoms with Gasteiger partial charge in [0, 0.05) is 37.6 Å². The van der Waals surface area contributed by atoms with Gasteiger partial charge in [-0.15, -0.1) is 5.10 Å². The van der Waals surface area contributed by atoms with E-state index in [1.165, 1.54) is 12.1 Å². The summed E-state index contributed by atoms with van der Waals surface area (Å²) in [5.74, 6) is -1.32. The minimum Gasteiger partial charge on any atom is -0.450 e. The number of ether oxygens (including phenoxy) is 1. The van der Waals surface area contributed by atoms with Crippen molar-refractivity contribution in [2.75, 3.05) is 48.3 Å². The lowest BCUT2D eigenvalue weighted by Gasteiger charge is -2.35. The van der Waals surface area contributed by atoms with Crippen LogP contribution in [0.25, 0.3) is 0 Å². The number of nitrogens with one attached hydrogen (secondary N) is 2. The van der Waals surface area contributed by atoms with E-state index in [-0.39, 0.29) is 23.7 Å². The van der Waals surface area contributed by atoms with Gasteiger partial charge in [-0.05, 0) is 43.3 Å². The molecule has 4 rings (SSSR count). The molecular weight excluding hydrogens is 431 g/mol. The molecule has 3 aromatic rings. The molecule has 0 bridgehead atoms. The lowest BCUT2D eigenvalue weighted by atomic mass is 10.2. The fourth-order valence-corrected chi connectivity index (χ4v) is 3.35. The van der Waals surface area contributed by atoms with Crippen LogP contribution in [-0.2, 0) is 4.74 Å². The van der Waals surface area contributed by atoms with Gasteiger partial charge in [0.05, 0.1) is 12.3 Å². The molecule has 1 fully saturated rings. The maximum atomic E-state index is 13.7. The number of nitrogens with zero attached hydrogens (tertiary/aromatic N) is 4. The van der Waals surface area contributed by atoms with Crippen molar-refractivity contribution in [3.8, 4) is 0 Å². The highest BCUT2D eigenvalue weighted by molar-refractivity contribution is 6.01. The molecule has 0 radical (unpaired) electrons. The fourth-order valence-electron chi connectivity index (χ4n) is 3.35. The Bertz CT molecular complexity index is 1110. The van der Waals surface area contributed by atoms with E-state index < -0.39 is 11.7 Å². The summed E-state index contributed by atoms with van der Waals surface area (Å²) in [7, 11) is 0. The molecule has 0 spiro atoms. The van der Waals surface area contributed by atoms with Gasteiger partial charge in [0.25, 0.3) is 0 Å². The number of hydrogen-bond acceptors (Lipinski definition) is 8. The molecule has 33 heavy (non-hydrogen) atoms. The molecule has 0 saturated carbocycles. The number of anilines is 4. The van der Waals surface area contributed by atoms with Gasteiger partial charge in [-0.3, -0.25) is 4.79 Å². The first-order chi connectivity index (χ1) is 16.0. The Morgan fingerprint density at radius 1 is 1.06 bits per heavy atom. The molecule has 0 unspecified atom stereocenters. The second kappa shape index (κ2) is 9.98. The molecule has 0 atom stereocenters. The van der Waals surface area contributed by atoms with E-state index in [4.69, 9.17) is 9.15 Å². The predicted molar refractivity (Wildman–Crippen MR) is 119 cm³/mol. The summed E-state index contributed by atoms with van der Waals surface area (Å²) in [5.41, 5.74) is 1.69. The number of benzene rings is 2. The lowest BCUT2D eigenvalue weighted by molar-refractivity contribution is 0.0990. The highest BCUT2D eigenvalue weighted by Crippen LogP contribution is 2.21. The smallest absolute Gasteiger partial charge is 0.409 e. The molecule has 0 aliphatic carbocycles. The van der Waals surface area contributed by atoms with Crippen LogP contribution in [0.5, 0.6) is 0 Å². The first kappa shape index (κ1) is 22.1. The Kier molecular flexibility index (Phi) is 6.67. The van der Waals surface area contributed by atoms with Crippen LogP contribution < -0.4 is 15.5 Å². The van der Waals surface area contributed by atoms with Gasteiger partial charge in [-0.2, -0.15) is 0 Å². The van der Waals surface area contributed by atoms with Crippen LogP contribution >= 0.6 is 0 Å². The Balaban J connectivity index is 1.31. The average molecular weight is 454 g/mol. The monoisotopic (exact) mass is 454 g/mol. The standard InChI is InChI=1S/C22H23FN6O4/c1-2-32-22(31)29-13-11-28(12-14-29)16-9-7-15(8-10-16)24-19(30)20-26-27-21(33-20)25-18-6-4-3-5-17(18)23/h3-10H,2,11-14H2,1H3,(H,24,30)(H,25,27). The van der Waals surface area contributed by atoms with Gasteiger partial charge in [-0.1, -0.05) is 17.2 Å². The van der Waals surface area contributed by atoms with E-state index in [1.807, 2.05) is 12.1 Å². The van der Waals surface area contributed by atoms with E-state index in [0.717, 1.165) is 5.69 Å². The van der Waals surface area contributed by atoms with E-state index in [9.17, 15) is 14.0 Å². The minimum atomic E-state index is -0.583. The Hall–Kier alpha value is -4.15. The lowest BCUT2D eigenvalue weighted by Crippen LogP contribution is -2.49. The topological polar surface area (TPSA) is 113 Å². The normalized spacial score (nSPS) is 13.5. The van der Waals surface area contributed by atoms with Gasteiger partial charge in [0.15, 0.2) is 0 Å². The van der Waals surface area contributed by atoms with Crippen molar-refractivity contribution in [1.29, 1.82) is 0 Å². The number of carbonyl (C=O) groups excluding carboxylic acids is 2. The van der Waals surface area contributed by atoms with Crippen molar-refractivity contribution in [1.82, 2.24) is 15.1 Å². The van der Waals surface area contributed by atoms with Gasteiger partial charge in [0.1, 0.15) is 5.82 Å². The van der Waals surface area contributed by atoms with Crippen LogP contribution in [-0.4, -0.2) is 59.9 Å².